The maximum Gasteiger partial charge on any atom is 0.315 e. The van der Waals surface area contributed by atoms with Gasteiger partial charge < -0.3 is 10.6 Å². The van der Waals surface area contributed by atoms with Gasteiger partial charge in [-0.05, 0) is 74.3 Å². The van der Waals surface area contributed by atoms with Crippen LogP contribution in [0.5, 0.6) is 0 Å². The van der Waals surface area contributed by atoms with Gasteiger partial charge in [0.25, 0.3) is 0 Å². The molecule has 0 spiro atoms. The van der Waals surface area contributed by atoms with Crippen LogP contribution in [0.15, 0.2) is 53.4 Å². The molecule has 31 heavy (non-hydrogen) atoms. The van der Waals surface area contributed by atoms with Crippen LogP contribution in [0.25, 0.3) is 0 Å². The van der Waals surface area contributed by atoms with Gasteiger partial charge in [-0.1, -0.05) is 41.4 Å². The minimum atomic E-state index is -3.52. The molecule has 3 N–H and O–H groups in total. The van der Waals surface area contributed by atoms with E-state index in [4.69, 9.17) is 11.6 Å². The Labute approximate surface area is 189 Å². The smallest absolute Gasteiger partial charge is 0.315 e. The van der Waals surface area contributed by atoms with Crippen molar-refractivity contribution in [3.05, 3.63) is 64.7 Å². The molecule has 3 rings (SSSR count). The number of rotatable bonds is 8. The van der Waals surface area contributed by atoms with Gasteiger partial charge in [-0.15, -0.1) is 0 Å². The molecule has 2 amide bonds. The highest BCUT2D eigenvalue weighted by atomic mass is 35.5. The number of nitrogens with one attached hydrogen (secondary N) is 3. The van der Waals surface area contributed by atoms with Crippen molar-refractivity contribution in [2.75, 3.05) is 13.1 Å². The number of sulfonamides is 1. The van der Waals surface area contributed by atoms with E-state index in [0.717, 1.165) is 31.2 Å². The van der Waals surface area contributed by atoms with Crippen LogP contribution in [0.2, 0.25) is 5.02 Å². The van der Waals surface area contributed by atoms with E-state index >= 15 is 0 Å². The van der Waals surface area contributed by atoms with Crippen molar-refractivity contribution >= 4 is 27.7 Å². The molecule has 6 nitrogen and oxygen atoms in total. The van der Waals surface area contributed by atoms with E-state index in [9.17, 15) is 13.2 Å². The first-order valence-corrected chi connectivity index (χ1v) is 12.5. The summed E-state index contributed by atoms with van der Waals surface area (Å²) in [4.78, 5) is 12.3. The lowest BCUT2D eigenvalue weighted by atomic mass is 9.82. The summed E-state index contributed by atoms with van der Waals surface area (Å²) in [5, 5.41) is 6.36. The predicted molar refractivity (Wildman–Crippen MR) is 124 cm³/mol. The Hall–Kier alpha value is -2.09. The fourth-order valence-corrected chi connectivity index (χ4v) is 4.99. The number of carbonyl (C=O) groups excluding carboxylic acids is 1. The van der Waals surface area contributed by atoms with E-state index in [1.807, 2.05) is 31.2 Å². The molecular weight excluding hydrogens is 434 g/mol. The Morgan fingerprint density at radius 3 is 2.10 bits per heavy atom. The van der Waals surface area contributed by atoms with Gasteiger partial charge in [0, 0.05) is 24.7 Å². The summed E-state index contributed by atoms with van der Waals surface area (Å²) in [6, 6.07) is 14.1. The normalized spacial score (nSPS) is 19.0. The maximum absolute atomic E-state index is 12.4. The number of halogens is 1. The van der Waals surface area contributed by atoms with Crippen molar-refractivity contribution in [1.82, 2.24) is 15.4 Å². The van der Waals surface area contributed by atoms with E-state index in [-0.39, 0.29) is 10.9 Å². The topological polar surface area (TPSA) is 87.3 Å². The second kappa shape index (κ2) is 11.0. The summed E-state index contributed by atoms with van der Waals surface area (Å²) in [6.07, 6.45) is 3.85. The number of carbonyl (C=O) groups is 1. The highest BCUT2D eigenvalue weighted by Gasteiger charge is 2.23. The summed E-state index contributed by atoms with van der Waals surface area (Å²) < 4.78 is 27.5. The first kappa shape index (κ1) is 23.6. The summed E-state index contributed by atoms with van der Waals surface area (Å²) >= 11 is 5.82. The zero-order chi connectivity index (χ0) is 22.3. The van der Waals surface area contributed by atoms with Crippen LogP contribution in [0.3, 0.4) is 0 Å². The molecule has 0 bridgehead atoms. The highest BCUT2D eigenvalue weighted by molar-refractivity contribution is 7.89. The van der Waals surface area contributed by atoms with Crippen LogP contribution in [-0.2, 0) is 16.6 Å². The molecule has 0 atom stereocenters. The molecule has 0 aliphatic heterocycles. The van der Waals surface area contributed by atoms with Gasteiger partial charge in [0.1, 0.15) is 0 Å². The van der Waals surface area contributed by atoms with Gasteiger partial charge in [-0.3, -0.25) is 0 Å². The maximum atomic E-state index is 12.4. The van der Waals surface area contributed by atoms with Crippen LogP contribution < -0.4 is 15.4 Å². The van der Waals surface area contributed by atoms with Gasteiger partial charge in [0.15, 0.2) is 0 Å². The lowest BCUT2D eigenvalue weighted by molar-refractivity contribution is 0.230. The van der Waals surface area contributed by atoms with Crippen LogP contribution in [0.1, 0.15) is 36.8 Å². The SMILES string of the molecule is Cc1ccc(CNC(=O)NCC2CCC(CNS(=O)(=O)c3ccc(Cl)cc3)CC2)cc1. The van der Waals surface area contributed by atoms with Crippen LogP contribution in [0, 0.1) is 18.8 Å². The minimum absolute atomic E-state index is 0.154. The zero-order valence-electron chi connectivity index (χ0n) is 17.7. The quantitative estimate of drug-likeness (QED) is 0.547. The average Bonchev–Trinajstić information content (AvgIpc) is 2.77. The van der Waals surface area contributed by atoms with Crippen molar-refractivity contribution in [1.29, 1.82) is 0 Å². The molecule has 168 valence electrons. The molecule has 0 radical (unpaired) electrons. The molecule has 1 aliphatic rings. The van der Waals surface area contributed by atoms with Gasteiger partial charge in [-0.25, -0.2) is 17.9 Å². The first-order chi connectivity index (χ1) is 14.8. The van der Waals surface area contributed by atoms with Crippen molar-refractivity contribution in [2.45, 2.75) is 44.0 Å². The third kappa shape index (κ3) is 7.52. The summed E-state index contributed by atoms with van der Waals surface area (Å²) in [6.45, 7) is 3.62. The minimum Gasteiger partial charge on any atom is -0.338 e. The van der Waals surface area contributed by atoms with Crippen molar-refractivity contribution in [3.8, 4) is 0 Å². The third-order valence-corrected chi connectivity index (χ3v) is 7.47. The van der Waals surface area contributed by atoms with Crippen LogP contribution in [0.4, 0.5) is 4.79 Å². The number of benzene rings is 2. The van der Waals surface area contributed by atoms with E-state index in [1.54, 1.807) is 12.1 Å². The number of aryl methyl sites for hydroxylation is 1. The fraction of sp³-hybridized carbons (Fsp3) is 0.435. The van der Waals surface area contributed by atoms with Crippen molar-refractivity contribution < 1.29 is 13.2 Å². The molecule has 0 heterocycles. The Kier molecular flexibility index (Phi) is 8.35. The van der Waals surface area contributed by atoms with Crippen molar-refractivity contribution in [3.63, 3.8) is 0 Å². The molecule has 0 unspecified atom stereocenters. The predicted octanol–water partition coefficient (Wildman–Crippen LogP) is 4.23. The lowest BCUT2D eigenvalue weighted by Crippen LogP contribution is -2.39. The fourth-order valence-electron chi connectivity index (χ4n) is 3.75. The molecule has 2 aromatic rings. The Balaban J connectivity index is 1.33. The van der Waals surface area contributed by atoms with E-state index in [1.165, 1.54) is 17.7 Å². The Morgan fingerprint density at radius 1 is 0.903 bits per heavy atom. The third-order valence-electron chi connectivity index (χ3n) is 5.78. The monoisotopic (exact) mass is 463 g/mol. The van der Waals surface area contributed by atoms with Gasteiger partial charge in [-0.2, -0.15) is 0 Å². The standard InChI is InChI=1S/C23H30ClN3O3S/c1-17-2-4-18(5-3-17)14-25-23(28)26-15-19-6-8-20(9-7-19)16-27-31(29,30)22-12-10-21(24)11-13-22/h2-5,10-13,19-20,27H,6-9,14-16H2,1H3,(H2,25,26,28). The molecule has 8 heteroatoms. The molecule has 1 fully saturated rings. The molecule has 0 saturated heterocycles. The molecular formula is C23H30ClN3O3S. The number of urea groups is 1. The second-order valence-electron chi connectivity index (χ2n) is 8.24. The summed E-state index contributed by atoms with van der Waals surface area (Å²) in [7, 11) is -3.52. The van der Waals surface area contributed by atoms with Gasteiger partial charge >= 0.3 is 6.03 Å². The number of amides is 2. The summed E-state index contributed by atoms with van der Waals surface area (Å²) in [5.74, 6) is 0.739. The van der Waals surface area contributed by atoms with E-state index < -0.39 is 10.0 Å². The number of hydrogen-bond acceptors (Lipinski definition) is 3. The zero-order valence-corrected chi connectivity index (χ0v) is 19.3. The van der Waals surface area contributed by atoms with Crippen molar-refractivity contribution in [2.24, 2.45) is 11.8 Å². The Bertz CT molecular complexity index is 955. The molecule has 1 saturated carbocycles. The summed E-state index contributed by atoms with van der Waals surface area (Å²) in [5.41, 5.74) is 2.27. The Morgan fingerprint density at radius 2 is 1.48 bits per heavy atom. The van der Waals surface area contributed by atoms with Gasteiger partial charge in [0.2, 0.25) is 10.0 Å². The molecule has 0 aromatic heterocycles. The first-order valence-electron chi connectivity index (χ1n) is 10.6. The van der Waals surface area contributed by atoms with Crippen LogP contribution in [-0.4, -0.2) is 27.5 Å². The van der Waals surface area contributed by atoms with E-state index in [2.05, 4.69) is 15.4 Å². The number of hydrogen-bond donors (Lipinski definition) is 3. The second-order valence-corrected chi connectivity index (χ2v) is 10.4. The molecule has 2 aromatic carbocycles. The molecule has 1 aliphatic carbocycles. The highest BCUT2D eigenvalue weighted by Crippen LogP contribution is 2.28. The van der Waals surface area contributed by atoms with Crippen LogP contribution >= 0.6 is 11.6 Å². The average molecular weight is 464 g/mol. The van der Waals surface area contributed by atoms with Gasteiger partial charge in [0.05, 0.1) is 4.90 Å². The van der Waals surface area contributed by atoms with E-state index in [0.29, 0.717) is 36.5 Å². The largest absolute Gasteiger partial charge is 0.338 e. The lowest BCUT2D eigenvalue weighted by Gasteiger charge is -2.28.